The van der Waals surface area contributed by atoms with Crippen molar-refractivity contribution in [1.29, 1.82) is 5.26 Å². The number of aryl methyl sites for hydroxylation is 1. The molecule has 0 aliphatic carbocycles. The summed E-state index contributed by atoms with van der Waals surface area (Å²) in [6.45, 7) is 0.533. The minimum Gasteiger partial charge on any atom is -0.299 e. The van der Waals surface area contributed by atoms with Gasteiger partial charge in [0.05, 0.1) is 23.3 Å². The summed E-state index contributed by atoms with van der Waals surface area (Å²) in [7, 11) is 0. The van der Waals surface area contributed by atoms with Gasteiger partial charge in [-0.15, -0.1) is 0 Å². The number of unbranched alkanes of at least 4 members (excludes halogenated alkanes) is 1. The lowest BCUT2D eigenvalue weighted by Crippen LogP contribution is -2.20. The third kappa shape index (κ3) is 2.53. The van der Waals surface area contributed by atoms with Crippen molar-refractivity contribution < 1.29 is 0 Å². The normalized spacial score (nSPS) is 10.4. The van der Waals surface area contributed by atoms with E-state index in [1.807, 2.05) is 12.1 Å². The molecule has 86 valence electrons. The van der Waals surface area contributed by atoms with E-state index < -0.39 is 0 Å². The summed E-state index contributed by atoms with van der Waals surface area (Å²) >= 11 is 3.34. The third-order valence-electron chi connectivity index (χ3n) is 2.47. The lowest BCUT2D eigenvalue weighted by atomic mass is 10.2. The lowest BCUT2D eigenvalue weighted by Gasteiger charge is -2.05. The first kappa shape index (κ1) is 11.8. The molecule has 0 fully saturated rings. The van der Waals surface area contributed by atoms with Crippen molar-refractivity contribution in [1.82, 2.24) is 9.55 Å². The molecule has 0 unspecified atom stereocenters. The molecule has 0 saturated carbocycles. The zero-order chi connectivity index (χ0) is 12.3. The van der Waals surface area contributed by atoms with Crippen LogP contribution < -0.4 is 5.56 Å². The number of nitrogens with zero attached hydrogens (tertiary/aromatic N) is 3. The van der Waals surface area contributed by atoms with Crippen LogP contribution in [0.25, 0.3) is 10.9 Å². The maximum atomic E-state index is 12.1. The van der Waals surface area contributed by atoms with E-state index in [1.54, 1.807) is 10.6 Å². The molecule has 1 heterocycles. The van der Waals surface area contributed by atoms with Crippen molar-refractivity contribution in [3.63, 3.8) is 0 Å². The van der Waals surface area contributed by atoms with Crippen LogP contribution >= 0.6 is 15.9 Å². The van der Waals surface area contributed by atoms with Gasteiger partial charge in [-0.2, -0.15) is 5.26 Å². The van der Waals surface area contributed by atoms with Crippen LogP contribution in [-0.4, -0.2) is 9.55 Å². The Labute approximate surface area is 107 Å². The van der Waals surface area contributed by atoms with Crippen molar-refractivity contribution in [3.8, 4) is 6.07 Å². The Morgan fingerprint density at radius 3 is 3.06 bits per heavy atom. The molecule has 5 heteroatoms. The Morgan fingerprint density at radius 2 is 2.29 bits per heavy atom. The molecule has 2 rings (SSSR count). The van der Waals surface area contributed by atoms with E-state index in [4.69, 9.17) is 5.26 Å². The molecule has 0 radical (unpaired) electrons. The zero-order valence-electron chi connectivity index (χ0n) is 9.06. The molecule has 0 aliphatic rings. The Morgan fingerprint density at radius 1 is 1.47 bits per heavy atom. The molecule has 0 spiro atoms. The van der Waals surface area contributed by atoms with Gasteiger partial charge < -0.3 is 0 Å². The van der Waals surface area contributed by atoms with E-state index in [0.29, 0.717) is 30.3 Å². The van der Waals surface area contributed by atoms with Crippen LogP contribution in [0, 0.1) is 11.3 Å². The number of fused-ring (bicyclic) bond motifs is 1. The molecule has 17 heavy (non-hydrogen) atoms. The highest BCUT2D eigenvalue weighted by atomic mass is 79.9. The van der Waals surface area contributed by atoms with Crippen LogP contribution in [0.3, 0.4) is 0 Å². The van der Waals surface area contributed by atoms with Crippen molar-refractivity contribution in [3.05, 3.63) is 39.4 Å². The van der Waals surface area contributed by atoms with Gasteiger partial charge in [-0.25, -0.2) is 4.98 Å². The summed E-state index contributed by atoms with van der Waals surface area (Å²) < 4.78 is 2.45. The fourth-order valence-electron chi connectivity index (χ4n) is 1.62. The van der Waals surface area contributed by atoms with E-state index in [9.17, 15) is 4.79 Å². The van der Waals surface area contributed by atoms with Crippen LogP contribution in [-0.2, 0) is 6.54 Å². The quantitative estimate of drug-likeness (QED) is 0.816. The number of aromatic nitrogens is 2. The number of rotatable bonds is 3. The molecule has 1 aromatic heterocycles. The van der Waals surface area contributed by atoms with E-state index in [-0.39, 0.29) is 5.56 Å². The summed E-state index contributed by atoms with van der Waals surface area (Å²) in [4.78, 5) is 16.3. The van der Waals surface area contributed by atoms with Gasteiger partial charge in [0.25, 0.3) is 5.56 Å². The Hall–Kier alpha value is -1.67. The predicted molar refractivity (Wildman–Crippen MR) is 68.6 cm³/mol. The van der Waals surface area contributed by atoms with E-state index in [1.165, 1.54) is 6.33 Å². The molecule has 1 aromatic carbocycles. The van der Waals surface area contributed by atoms with E-state index >= 15 is 0 Å². The topological polar surface area (TPSA) is 58.7 Å². The third-order valence-corrected chi connectivity index (χ3v) is 2.97. The smallest absolute Gasteiger partial charge is 0.261 e. The maximum absolute atomic E-state index is 12.1. The largest absolute Gasteiger partial charge is 0.299 e. The molecule has 4 nitrogen and oxygen atoms in total. The summed E-state index contributed by atoms with van der Waals surface area (Å²) in [5.41, 5.74) is 0.626. The van der Waals surface area contributed by atoms with E-state index in [2.05, 4.69) is 27.0 Å². The molecule has 0 atom stereocenters. The Kier molecular flexibility index (Phi) is 3.55. The van der Waals surface area contributed by atoms with Gasteiger partial charge in [-0.1, -0.05) is 15.9 Å². The van der Waals surface area contributed by atoms with Gasteiger partial charge in [-0.05, 0) is 24.6 Å². The van der Waals surface area contributed by atoms with Crippen LogP contribution in [0.1, 0.15) is 12.8 Å². The molecule has 0 amide bonds. The number of halogens is 1. The molecular formula is C12H10BrN3O. The fraction of sp³-hybridized carbons (Fsp3) is 0.250. The van der Waals surface area contributed by atoms with Gasteiger partial charge >= 0.3 is 0 Å². The zero-order valence-corrected chi connectivity index (χ0v) is 10.6. The number of benzene rings is 1. The standard InChI is InChI=1S/C12H10BrN3O/c13-9-3-4-10-11(7-9)15-8-16(12(10)17)6-2-1-5-14/h3-4,7-8H,1-2,6H2. The molecular weight excluding hydrogens is 282 g/mol. The monoisotopic (exact) mass is 291 g/mol. The second kappa shape index (κ2) is 5.11. The van der Waals surface area contributed by atoms with Crippen molar-refractivity contribution >= 4 is 26.8 Å². The number of nitriles is 1. The maximum Gasteiger partial charge on any atom is 0.261 e. The molecule has 0 bridgehead atoms. The van der Waals surface area contributed by atoms with Crippen molar-refractivity contribution in [2.45, 2.75) is 19.4 Å². The van der Waals surface area contributed by atoms with Crippen LogP contribution in [0.4, 0.5) is 0 Å². The van der Waals surface area contributed by atoms with Gasteiger partial charge in [0, 0.05) is 17.4 Å². The first-order valence-corrected chi connectivity index (χ1v) is 6.03. The second-order valence-electron chi connectivity index (χ2n) is 3.67. The number of hydrogen-bond acceptors (Lipinski definition) is 3. The summed E-state index contributed by atoms with van der Waals surface area (Å²) in [6, 6.07) is 7.46. The minimum atomic E-state index is -0.0551. The second-order valence-corrected chi connectivity index (χ2v) is 4.58. The van der Waals surface area contributed by atoms with Crippen LogP contribution in [0.5, 0.6) is 0 Å². The van der Waals surface area contributed by atoms with Crippen molar-refractivity contribution in [2.75, 3.05) is 0 Å². The molecule has 0 aliphatic heterocycles. The van der Waals surface area contributed by atoms with Crippen molar-refractivity contribution in [2.24, 2.45) is 0 Å². The summed E-state index contributed by atoms with van der Waals surface area (Å²) in [6.07, 6.45) is 2.65. The molecule has 2 aromatic rings. The van der Waals surface area contributed by atoms with E-state index in [0.717, 1.165) is 4.47 Å². The van der Waals surface area contributed by atoms with Gasteiger partial charge in [-0.3, -0.25) is 9.36 Å². The lowest BCUT2D eigenvalue weighted by molar-refractivity contribution is 0.626. The molecule has 0 saturated heterocycles. The first-order chi connectivity index (χ1) is 8.22. The molecule has 0 N–H and O–H groups in total. The summed E-state index contributed by atoms with van der Waals surface area (Å²) in [5.74, 6) is 0. The highest BCUT2D eigenvalue weighted by molar-refractivity contribution is 9.10. The Bertz CT molecular complexity index is 642. The SMILES string of the molecule is N#CCCCn1cnc2cc(Br)ccc2c1=O. The number of hydrogen-bond donors (Lipinski definition) is 0. The average molecular weight is 292 g/mol. The predicted octanol–water partition coefficient (Wildman–Crippen LogP) is 2.46. The minimum absolute atomic E-state index is 0.0551. The van der Waals surface area contributed by atoms with Crippen LogP contribution in [0.15, 0.2) is 33.8 Å². The van der Waals surface area contributed by atoms with Gasteiger partial charge in [0.2, 0.25) is 0 Å². The van der Waals surface area contributed by atoms with Gasteiger partial charge in [0.1, 0.15) is 0 Å². The fourth-order valence-corrected chi connectivity index (χ4v) is 1.97. The van der Waals surface area contributed by atoms with Gasteiger partial charge in [0.15, 0.2) is 0 Å². The first-order valence-electron chi connectivity index (χ1n) is 5.24. The Balaban J connectivity index is 2.41. The highest BCUT2D eigenvalue weighted by Gasteiger charge is 2.03. The summed E-state index contributed by atoms with van der Waals surface area (Å²) in [5, 5.41) is 9.06. The average Bonchev–Trinajstić information content (AvgIpc) is 2.32. The highest BCUT2D eigenvalue weighted by Crippen LogP contribution is 2.14. The van der Waals surface area contributed by atoms with Crippen LogP contribution in [0.2, 0.25) is 0 Å².